The van der Waals surface area contributed by atoms with Crippen molar-refractivity contribution < 1.29 is 14.4 Å². The molecule has 0 aliphatic carbocycles. The molecule has 1 aromatic heterocycles. The van der Waals surface area contributed by atoms with Crippen molar-refractivity contribution in [3.05, 3.63) is 27.0 Å². The topological polar surface area (TPSA) is 59.5 Å². The first-order valence-corrected chi connectivity index (χ1v) is 8.92. The fraction of sp³-hybridized carbons (Fsp3) is 0.611. The van der Waals surface area contributed by atoms with E-state index in [1.807, 2.05) is 27.7 Å². The Morgan fingerprint density at radius 1 is 1.42 bits per heavy atom. The summed E-state index contributed by atoms with van der Waals surface area (Å²) in [5.74, 6) is -0.127. The molecular formula is C18H26N3O2S+. The van der Waals surface area contributed by atoms with Crippen LogP contribution in [0.2, 0.25) is 0 Å². The summed E-state index contributed by atoms with van der Waals surface area (Å²) in [6.45, 7) is 10.8. The van der Waals surface area contributed by atoms with Crippen molar-refractivity contribution in [2.75, 3.05) is 19.7 Å². The number of ether oxygens (including phenoxy) is 1. The number of nitrogens with zero attached hydrogens (tertiary/aromatic N) is 2. The van der Waals surface area contributed by atoms with Crippen molar-refractivity contribution in [2.24, 2.45) is 5.92 Å². The number of esters is 1. The number of piperidine rings is 1. The predicted octanol–water partition coefficient (Wildman–Crippen LogP) is 1.83. The normalized spacial score (nSPS) is 20.5. The molecule has 130 valence electrons. The Kier molecular flexibility index (Phi) is 6.14. The number of hydrogen-bond donors (Lipinski definition) is 1. The summed E-state index contributed by atoms with van der Waals surface area (Å²) in [4.78, 5) is 13.3. The quantitative estimate of drug-likeness (QED) is 0.666. The monoisotopic (exact) mass is 348 g/mol. The van der Waals surface area contributed by atoms with Crippen LogP contribution >= 0.6 is 12.2 Å². The van der Waals surface area contributed by atoms with E-state index < -0.39 is 0 Å². The lowest BCUT2D eigenvalue weighted by atomic mass is 9.98. The van der Waals surface area contributed by atoms with Crippen LogP contribution in [0, 0.1) is 42.7 Å². The van der Waals surface area contributed by atoms with Crippen LogP contribution < -0.4 is 4.90 Å². The van der Waals surface area contributed by atoms with Gasteiger partial charge in [0.2, 0.25) is 0 Å². The maximum Gasteiger partial charge on any atom is 0.314 e. The fourth-order valence-electron chi connectivity index (χ4n) is 3.41. The summed E-state index contributed by atoms with van der Waals surface area (Å²) in [6.07, 6.45) is 1.89. The Balaban J connectivity index is 2.25. The molecule has 2 heterocycles. The van der Waals surface area contributed by atoms with Gasteiger partial charge in [0.25, 0.3) is 0 Å². The highest BCUT2D eigenvalue weighted by Crippen LogP contribution is 2.18. The lowest BCUT2D eigenvalue weighted by Gasteiger charge is -2.30. The van der Waals surface area contributed by atoms with Gasteiger partial charge in [-0.25, -0.2) is 0 Å². The van der Waals surface area contributed by atoms with E-state index >= 15 is 0 Å². The van der Waals surface area contributed by atoms with Gasteiger partial charge in [0.1, 0.15) is 16.6 Å². The summed E-state index contributed by atoms with van der Waals surface area (Å²) >= 11 is 5.55. The van der Waals surface area contributed by atoms with E-state index in [0.717, 1.165) is 42.8 Å². The van der Waals surface area contributed by atoms with E-state index in [4.69, 9.17) is 17.0 Å². The van der Waals surface area contributed by atoms with E-state index in [1.165, 1.54) is 4.90 Å². The summed E-state index contributed by atoms with van der Waals surface area (Å²) in [5, 5.41) is 9.42. The van der Waals surface area contributed by atoms with Crippen LogP contribution in [0.5, 0.6) is 0 Å². The molecule has 24 heavy (non-hydrogen) atoms. The molecule has 0 saturated carbocycles. The van der Waals surface area contributed by atoms with E-state index in [2.05, 4.69) is 10.6 Å². The molecule has 2 rings (SSSR count). The Bertz CT molecular complexity index is 733. The summed E-state index contributed by atoms with van der Waals surface area (Å²) < 4.78 is 7.83. The fourth-order valence-corrected chi connectivity index (χ4v) is 3.81. The zero-order valence-corrected chi connectivity index (χ0v) is 15.8. The molecule has 1 unspecified atom stereocenters. The van der Waals surface area contributed by atoms with Crippen molar-refractivity contribution in [2.45, 2.75) is 47.2 Å². The third-order valence-electron chi connectivity index (χ3n) is 5.08. The Labute approximate surface area is 148 Å². The lowest BCUT2D eigenvalue weighted by Crippen LogP contribution is -3.13. The van der Waals surface area contributed by atoms with Crippen molar-refractivity contribution in [3.8, 4) is 6.07 Å². The largest absolute Gasteiger partial charge is 0.466 e. The maximum absolute atomic E-state index is 12.0. The molecule has 1 aliphatic rings. The van der Waals surface area contributed by atoms with Crippen LogP contribution in [-0.4, -0.2) is 30.2 Å². The second-order valence-corrected chi connectivity index (χ2v) is 6.90. The van der Waals surface area contributed by atoms with Gasteiger partial charge in [0.05, 0.1) is 25.3 Å². The number of carbonyl (C=O) groups excluding carboxylic acids is 1. The minimum atomic E-state index is -0.0900. The van der Waals surface area contributed by atoms with Crippen molar-refractivity contribution in [3.63, 3.8) is 0 Å². The first-order chi connectivity index (χ1) is 11.4. The molecule has 1 saturated heterocycles. The zero-order chi connectivity index (χ0) is 17.9. The highest BCUT2D eigenvalue weighted by Gasteiger charge is 2.30. The molecule has 0 amide bonds. The predicted molar refractivity (Wildman–Crippen MR) is 94.2 cm³/mol. The van der Waals surface area contributed by atoms with Gasteiger partial charge in [-0.2, -0.15) is 5.26 Å². The van der Waals surface area contributed by atoms with Crippen LogP contribution in [0.4, 0.5) is 0 Å². The Morgan fingerprint density at radius 2 is 2.12 bits per heavy atom. The molecule has 1 aliphatic heterocycles. The van der Waals surface area contributed by atoms with Crippen LogP contribution in [-0.2, 0) is 16.2 Å². The molecule has 5 nitrogen and oxygen atoms in total. The van der Waals surface area contributed by atoms with E-state index in [0.29, 0.717) is 23.5 Å². The minimum Gasteiger partial charge on any atom is -0.466 e. The second-order valence-electron chi connectivity index (χ2n) is 6.51. The number of pyridine rings is 1. The number of quaternary nitrogens is 1. The van der Waals surface area contributed by atoms with Crippen molar-refractivity contribution in [1.29, 1.82) is 5.26 Å². The second kappa shape index (κ2) is 7.91. The molecule has 1 aromatic rings. The molecule has 1 N–H and O–H groups in total. The molecule has 0 bridgehead atoms. The highest BCUT2D eigenvalue weighted by atomic mass is 32.1. The average molecular weight is 348 g/mol. The molecule has 0 radical (unpaired) electrons. The smallest absolute Gasteiger partial charge is 0.314 e. The van der Waals surface area contributed by atoms with Crippen molar-refractivity contribution in [1.82, 2.24) is 4.57 Å². The van der Waals surface area contributed by atoms with Gasteiger partial charge in [-0.15, -0.1) is 0 Å². The molecule has 2 atom stereocenters. The molecule has 1 fully saturated rings. The van der Waals surface area contributed by atoms with Crippen LogP contribution in [0.1, 0.15) is 42.1 Å². The Hall–Kier alpha value is -1.71. The van der Waals surface area contributed by atoms with Gasteiger partial charge in [-0.3, -0.25) is 9.36 Å². The highest BCUT2D eigenvalue weighted by molar-refractivity contribution is 7.71. The number of rotatable bonds is 4. The van der Waals surface area contributed by atoms with Gasteiger partial charge in [-0.1, -0.05) is 12.2 Å². The number of hydrogen-bond acceptors (Lipinski definition) is 4. The van der Waals surface area contributed by atoms with Crippen LogP contribution in [0.15, 0.2) is 0 Å². The van der Waals surface area contributed by atoms with Crippen LogP contribution in [0.25, 0.3) is 0 Å². The molecule has 0 aromatic carbocycles. The Morgan fingerprint density at radius 3 is 2.75 bits per heavy atom. The SMILES string of the molecule is CCOC(=O)[C@@H]1CCC[NH+](Cn2c(C)c(C)c(C)c(C#N)c2=S)C1. The number of aromatic nitrogens is 1. The standard InChI is InChI=1S/C18H25N3O2S/c1-5-23-18(22)15-7-6-8-20(10-15)11-21-14(4)12(2)13(3)16(9-19)17(21)24/h15H,5-8,10-11H2,1-4H3/p+1/t15-/m1/s1. The minimum absolute atomic E-state index is 0.0369. The van der Waals surface area contributed by atoms with Gasteiger partial charge < -0.3 is 9.64 Å². The molecule has 0 spiro atoms. The number of carbonyl (C=O) groups is 1. The van der Waals surface area contributed by atoms with E-state index in [-0.39, 0.29) is 11.9 Å². The van der Waals surface area contributed by atoms with Crippen LogP contribution in [0.3, 0.4) is 0 Å². The number of nitriles is 1. The first kappa shape index (κ1) is 18.6. The molecular weight excluding hydrogens is 322 g/mol. The van der Waals surface area contributed by atoms with Gasteiger partial charge in [-0.05, 0) is 51.7 Å². The number of nitrogens with one attached hydrogen (secondary N) is 1. The van der Waals surface area contributed by atoms with E-state index in [9.17, 15) is 10.1 Å². The lowest BCUT2D eigenvalue weighted by molar-refractivity contribution is -0.930. The van der Waals surface area contributed by atoms with Crippen molar-refractivity contribution >= 4 is 18.2 Å². The summed E-state index contributed by atoms with van der Waals surface area (Å²) in [7, 11) is 0. The van der Waals surface area contributed by atoms with Gasteiger partial charge in [0.15, 0.2) is 6.67 Å². The third kappa shape index (κ3) is 3.68. The average Bonchev–Trinajstić information content (AvgIpc) is 2.58. The first-order valence-electron chi connectivity index (χ1n) is 8.51. The maximum atomic E-state index is 12.0. The third-order valence-corrected chi connectivity index (χ3v) is 5.50. The summed E-state index contributed by atoms with van der Waals surface area (Å²) in [5.41, 5.74) is 3.77. The van der Waals surface area contributed by atoms with Gasteiger partial charge >= 0.3 is 5.97 Å². The molecule has 6 heteroatoms. The number of likely N-dealkylation sites (tertiary alicyclic amines) is 1. The van der Waals surface area contributed by atoms with E-state index in [1.54, 1.807) is 0 Å². The zero-order valence-electron chi connectivity index (χ0n) is 14.9. The summed E-state index contributed by atoms with van der Waals surface area (Å²) in [6, 6.07) is 2.24. The van der Waals surface area contributed by atoms with Gasteiger partial charge in [0, 0.05) is 5.69 Å².